The van der Waals surface area contributed by atoms with Gasteiger partial charge in [0.25, 0.3) is 0 Å². The van der Waals surface area contributed by atoms with Crippen molar-refractivity contribution < 1.29 is 19.8 Å². The summed E-state index contributed by atoms with van der Waals surface area (Å²) in [6.07, 6.45) is 9.61. The third-order valence-electron chi connectivity index (χ3n) is 7.55. The zero-order valence-corrected chi connectivity index (χ0v) is 24.3. The lowest BCUT2D eigenvalue weighted by Gasteiger charge is -2.16. The fraction of sp³-hybridized carbons (Fsp3) is 0.452. The summed E-state index contributed by atoms with van der Waals surface area (Å²) in [5.74, 6) is -1.22. The fourth-order valence-corrected chi connectivity index (χ4v) is 6.38. The Kier molecular flexibility index (Phi) is 11.4. The van der Waals surface area contributed by atoms with Crippen molar-refractivity contribution in [3.8, 4) is 11.3 Å². The normalized spacial score (nSPS) is 15.0. The van der Waals surface area contributed by atoms with Crippen LogP contribution in [0.2, 0.25) is 5.02 Å². The molecule has 9 heteroatoms. The maximum atomic E-state index is 9.64. The van der Waals surface area contributed by atoms with Crippen LogP contribution in [0.25, 0.3) is 11.3 Å². The molecule has 4 N–H and O–H groups in total. The van der Waals surface area contributed by atoms with Gasteiger partial charge in [-0.15, -0.1) is 11.3 Å². The number of halogens is 1. The maximum Gasteiger partial charge on any atom is 0.303 e. The summed E-state index contributed by atoms with van der Waals surface area (Å²) < 4.78 is 0. The van der Waals surface area contributed by atoms with Gasteiger partial charge in [0.1, 0.15) is 0 Å². The minimum atomic E-state index is -1.08. The monoisotopic (exact) mass is 583 g/mol. The molecule has 2 aromatic carbocycles. The van der Waals surface area contributed by atoms with Gasteiger partial charge in [-0.2, -0.15) is 0 Å². The van der Waals surface area contributed by atoms with E-state index in [2.05, 4.69) is 46.3 Å². The first-order valence-electron chi connectivity index (χ1n) is 14.1. The fourth-order valence-electron chi connectivity index (χ4n) is 5.32. The average Bonchev–Trinajstić information content (AvgIpc) is 3.59. The van der Waals surface area contributed by atoms with Gasteiger partial charge in [-0.05, 0) is 67.4 Å². The molecule has 0 bridgehead atoms. The maximum absolute atomic E-state index is 9.64. The molecule has 1 aromatic heterocycles. The average molecular weight is 584 g/mol. The van der Waals surface area contributed by atoms with Crippen LogP contribution < -0.4 is 10.6 Å². The topological polar surface area (TPSA) is 112 Å². The van der Waals surface area contributed by atoms with Gasteiger partial charge in [0.05, 0.1) is 34.3 Å². The first-order valence-corrected chi connectivity index (χ1v) is 15.4. The van der Waals surface area contributed by atoms with Crippen molar-refractivity contribution in [2.24, 2.45) is 5.92 Å². The van der Waals surface area contributed by atoms with Gasteiger partial charge < -0.3 is 20.8 Å². The Morgan fingerprint density at radius 3 is 2.40 bits per heavy atom. The first kappa shape index (κ1) is 30.0. The third kappa shape index (κ3) is 9.04. The van der Waals surface area contributed by atoms with E-state index in [9.17, 15) is 9.59 Å². The molecule has 1 saturated carbocycles. The SMILES string of the molecule is Clc1ccc2c(c1NCc1ccc(-c3csc(CCC4CCCC4)n3)cc1)CCNCC2.O=C(O)CCC(=O)O. The molecule has 2 heterocycles. The zero-order chi connectivity index (χ0) is 28.3. The highest BCUT2D eigenvalue weighted by Crippen LogP contribution is 2.32. The van der Waals surface area contributed by atoms with Crippen molar-refractivity contribution in [3.63, 3.8) is 0 Å². The molecule has 3 aromatic rings. The molecular formula is C31H38ClN3O4S. The highest BCUT2D eigenvalue weighted by molar-refractivity contribution is 7.09. The minimum Gasteiger partial charge on any atom is -0.481 e. The number of thiazole rings is 1. The molecule has 0 amide bonds. The Morgan fingerprint density at radius 1 is 1.00 bits per heavy atom. The highest BCUT2D eigenvalue weighted by Gasteiger charge is 2.16. The highest BCUT2D eigenvalue weighted by atomic mass is 35.5. The van der Waals surface area contributed by atoms with Gasteiger partial charge in [-0.3, -0.25) is 9.59 Å². The second-order valence-electron chi connectivity index (χ2n) is 10.5. The molecule has 0 atom stereocenters. The van der Waals surface area contributed by atoms with Crippen LogP contribution in [0.4, 0.5) is 5.69 Å². The number of anilines is 1. The lowest BCUT2D eigenvalue weighted by atomic mass is 10.0. The zero-order valence-electron chi connectivity index (χ0n) is 22.8. The number of fused-ring (bicyclic) bond motifs is 1. The van der Waals surface area contributed by atoms with E-state index >= 15 is 0 Å². The van der Waals surface area contributed by atoms with Crippen LogP contribution in [0, 0.1) is 5.92 Å². The summed E-state index contributed by atoms with van der Waals surface area (Å²) in [5.41, 5.74) is 7.44. The summed E-state index contributed by atoms with van der Waals surface area (Å²) in [6, 6.07) is 13.0. The second-order valence-corrected chi connectivity index (χ2v) is 11.8. The summed E-state index contributed by atoms with van der Waals surface area (Å²) in [5, 5.41) is 27.2. The van der Waals surface area contributed by atoms with Crippen LogP contribution in [-0.2, 0) is 35.4 Å². The quantitative estimate of drug-likeness (QED) is 0.207. The van der Waals surface area contributed by atoms with E-state index in [0.717, 1.165) is 61.2 Å². The molecule has 5 rings (SSSR count). The number of aromatic nitrogens is 1. The number of hydrogen-bond donors (Lipinski definition) is 4. The Morgan fingerprint density at radius 2 is 1.70 bits per heavy atom. The Labute approximate surface area is 245 Å². The number of nitrogens with one attached hydrogen (secondary N) is 2. The number of carboxylic acid groups (broad SMARTS) is 2. The minimum absolute atomic E-state index is 0.296. The van der Waals surface area contributed by atoms with Crippen molar-refractivity contribution in [1.82, 2.24) is 10.3 Å². The Hall–Kier alpha value is -2.94. The Bertz CT molecular complexity index is 1260. The lowest BCUT2D eigenvalue weighted by Crippen LogP contribution is -2.16. The summed E-state index contributed by atoms with van der Waals surface area (Å²) in [4.78, 5) is 24.2. The van der Waals surface area contributed by atoms with E-state index in [1.165, 1.54) is 59.4 Å². The summed E-state index contributed by atoms with van der Waals surface area (Å²) >= 11 is 8.38. The van der Waals surface area contributed by atoms with Crippen LogP contribution in [-0.4, -0.2) is 40.2 Å². The van der Waals surface area contributed by atoms with Crippen LogP contribution in [0.3, 0.4) is 0 Å². The van der Waals surface area contributed by atoms with E-state index in [0.29, 0.717) is 0 Å². The van der Waals surface area contributed by atoms with Gasteiger partial charge in [0, 0.05) is 17.5 Å². The standard InChI is InChI=1S/C27H32ClN3S.C4H6O4/c28-24-11-10-21-13-15-29-16-14-23(21)27(24)30-17-20-5-8-22(9-6-20)25-18-32-26(31-25)12-7-19-3-1-2-4-19;5-3(6)1-2-4(7)8/h5-6,8-11,18-19,29-30H,1-4,7,12-17H2;1-2H2,(H,5,6)(H,7,8). The molecule has 40 heavy (non-hydrogen) atoms. The van der Waals surface area contributed by atoms with Crippen LogP contribution in [0.15, 0.2) is 41.8 Å². The second kappa shape index (κ2) is 15.2. The van der Waals surface area contributed by atoms with Crippen LogP contribution in [0.1, 0.15) is 66.6 Å². The number of benzene rings is 2. The molecule has 2 aliphatic rings. The summed E-state index contributed by atoms with van der Waals surface area (Å²) in [7, 11) is 0. The molecule has 0 radical (unpaired) electrons. The molecule has 0 saturated heterocycles. The van der Waals surface area contributed by atoms with E-state index in [1.54, 1.807) is 0 Å². The van der Waals surface area contributed by atoms with Crippen molar-refractivity contribution in [2.75, 3.05) is 18.4 Å². The van der Waals surface area contributed by atoms with Gasteiger partial charge in [-0.1, -0.05) is 67.6 Å². The number of aliphatic carboxylic acids is 2. The van der Waals surface area contributed by atoms with Crippen molar-refractivity contribution >= 4 is 40.6 Å². The van der Waals surface area contributed by atoms with Gasteiger partial charge in [0.2, 0.25) is 0 Å². The third-order valence-corrected chi connectivity index (χ3v) is 8.77. The van der Waals surface area contributed by atoms with Crippen molar-refractivity contribution in [1.29, 1.82) is 0 Å². The molecule has 0 unspecified atom stereocenters. The summed E-state index contributed by atoms with van der Waals surface area (Å²) in [6.45, 7) is 2.81. The van der Waals surface area contributed by atoms with E-state index in [1.807, 2.05) is 17.4 Å². The largest absolute Gasteiger partial charge is 0.481 e. The molecule has 7 nitrogen and oxygen atoms in total. The predicted molar refractivity (Wildman–Crippen MR) is 161 cm³/mol. The molecule has 1 aliphatic heterocycles. The van der Waals surface area contributed by atoms with E-state index < -0.39 is 11.9 Å². The number of carboxylic acids is 2. The lowest BCUT2D eigenvalue weighted by molar-refractivity contribution is -0.143. The Balaban J connectivity index is 0.000000406. The number of hydrogen-bond acceptors (Lipinski definition) is 6. The first-order chi connectivity index (χ1) is 19.4. The van der Waals surface area contributed by atoms with Crippen LogP contribution in [0.5, 0.6) is 0 Å². The van der Waals surface area contributed by atoms with Crippen LogP contribution >= 0.6 is 22.9 Å². The number of rotatable bonds is 10. The molecule has 1 fully saturated rings. The van der Waals surface area contributed by atoms with Gasteiger partial charge in [-0.25, -0.2) is 4.98 Å². The number of nitrogens with zero attached hydrogens (tertiary/aromatic N) is 1. The van der Waals surface area contributed by atoms with E-state index in [4.69, 9.17) is 26.8 Å². The molecule has 1 aliphatic carbocycles. The predicted octanol–water partition coefficient (Wildman–Crippen LogP) is 6.82. The molecule has 214 valence electrons. The van der Waals surface area contributed by atoms with E-state index in [-0.39, 0.29) is 12.8 Å². The number of aryl methyl sites for hydroxylation is 1. The number of carbonyl (C=O) groups is 2. The van der Waals surface area contributed by atoms with Gasteiger partial charge >= 0.3 is 11.9 Å². The van der Waals surface area contributed by atoms with Gasteiger partial charge in [0.15, 0.2) is 0 Å². The van der Waals surface area contributed by atoms with Crippen molar-refractivity contribution in [2.45, 2.75) is 70.8 Å². The van der Waals surface area contributed by atoms with Crippen molar-refractivity contribution in [3.05, 3.63) is 68.5 Å². The molecular weight excluding hydrogens is 546 g/mol. The molecule has 0 spiro atoms. The smallest absolute Gasteiger partial charge is 0.303 e.